The van der Waals surface area contributed by atoms with Gasteiger partial charge in [-0.1, -0.05) is 12.1 Å². The van der Waals surface area contributed by atoms with Crippen LogP contribution in [0, 0.1) is 11.8 Å². The zero-order valence-electron chi connectivity index (χ0n) is 15.5. The third-order valence-corrected chi connectivity index (χ3v) is 5.30. The number of anilines is 1. The highest BCUT2D eigenvalue weighted by atomic mass is 16.4. The second-order valence-corrected chi connectivity index (χ2v) is 7.25. The van der Waals surface area contributed by atoms with Gasteiger partial charge in [-0.2, -0.15) is 5.10 Å². The molecule has 8 heteroatoms. The fourth-order valence-corrected chi connectivity index (χ4v) is 3.65. The topological polar surface area (TPSA) is 110 Å². The number of carboxylic acids is 1. The molecule has 2 heterocycles. The van der Waals surface area contributed by atoms with Gasteiger partial charge in [0, 0.05) is 36.3 Å². The Kier molecular flexibility index (Phi) is 4.77. The quantitative estimate of drug-likeness (QED) is 0.721. The Labute approximate surface area is 161 Å². The first-order valence-corrected chi connectivity index (χ1v) is 9.29. The van der Waals surface area contributed by atoms with Gasteiger partial charge in [-0.15, -0.1) is 0 Å². The Morgan fingerprint density at radius 2 is 1.86 bits per heavy atom. The van der Waals surface area contributed by atoms with Gasteiger partial charge in [-0.25, -0.2) is 9.97 Å². The molecule has 1 amide bonds. The Hall–Kier alpha value is -3.29. The molecule has 0 bridgehead atoms. The molecule has 28 heavy (non-hydrogen) atoms. The number of benzene rings is 1. The smallest absolute Gasteiger partial charge is 0.306 e. The van der Waals surface area contributed by atoms with Gasteiger partial charge in [0.1, 0.15) is 0 Å². The number of nitrogens with one attached hydrogen (secondary N) is 1. The van der Waals surface area contributed by atoms with Gasteiger partial charge in [-0.3, -0.25) is 19.6 Å². The van der Waals surface area contributed by atoms with Gasteiger partial charge in [0.05, 0.1) is 17.6 Å². The van der Waals surface area contributed by atoms with Crippen LogP contribution in [-0.4, -0.2) is 36.7 Å². The van der Waals surface area contributed by atoms with Crippen molar-refractivity contribution >= 4 is 28.7 Å². The van der Waals surface area contributed by atoms with Crippen LogP contribution < -0.4 is 5.32 Å². The first-order valence-electron chi connectivity index (χ1n) is 9.29. The SMILES string of the molecule is Cn1cc(-c2ccc3cnc(NC(=O)C4CCC(C(=O)O)CC4)nc3c2)cn1. The highest BCUT2D eigenvalue weighted by Gasteiger charge is 2.30. The summed E-state index contributed by atoms with van der Waals surface area (Å²) in [5.41, 5.74) is 2.72. The van der Waals surface area contributed by atoms with Crippen LogP contribution in [-0.2, 0) is 16.6 Å². The molecular weight excluding hydrogens is 358 g/mol. The Bertz CT molecular complexity index is 1040. The second kappa shape index (κ2) is 7.38. The highest BCUT2D eigenvalue weighted by Crippen LogP contribution is 2.30. The highest BCUT2D eigenvalue weighted by molar-refractivity contribution is 5.92. The van der Waals surface area contributed by atoms with E-state index in [0.29, 0.717) is 25.7 Å². The number of aliphatic carboxylic acids is 1. The predicted molar refractivity (Wildman–Crippen MR) is 103 cm³/mol. The summed E-state index contributed by atoms with van der Waals surface area (Å²) < 4.78 is 1.74. The fraction of sp³-hybridized carbons (Fsp3) is 0.350. The normalized spacial score (nSPS) is 19.5. The van der Waals surface area contributed by atoms with Crippen molar-refractivity contribution in [3.05, 3.63) is 36.8 Å². The van der Waals surface area contributed by atoms with E-state index in [1.165, 1.54) is 0 Å². The summed E-state index contributed by atoms with van der Waals surface area (Å²) in [5.74, 6) is -1.20. The maximum Gasteiger partial charge on any atom is 0.306 e. The minimum absolute atomic E-state index is 0.147. The van der Waals surface area contributed by atoms with Gasteiger partial charge in [0.2, 0.25) is 11.9 Å². The number of carbonyl (C=O) groups excluding carboxylic acids is 1. The number of rotatable bonds is 4. The van der Waals surface area contributed by atoms with Crippen LogP contribution in [0.15, 0.2) is 36.8 Å². The number of carbonyl (C=O) groups is 2. The number of amides is 1. The minimum atomic E-state index is -0.777. The lowest BCUT2D eigenvalue weighted by Gasteiger charge is -2.24. The molecule has 4 rings (SSSR count). The first-order chi connectivity index (χ1) is 13.5. The lowest BCUT2D eigenvalue weighted by atomic mass is 9.81. The van der Waals surface area contributed by atoms with E-state index in [-0.39, 0.29) is 23.7 Å². The maximum atomic E-state index is 12.5. The number of aryl methyl sites for hydroxylation is 1. The van der Waals surface area contributed by atoms with Gasteiger partial charge in [-0.05, 0) is 37.3 Å². The van der Waals surface area contributed by atoms with E-state index >= 15 is 0 Å². The molecule has 2 aromatic heterocycles. The fourth-order valence-electron chi connectivity index (χ4n) is 3.65. The van der Waals surface area contributed by atoms with Crippen LogP contribution in [0.2, 0.25) is 0 Å². The van der Waals surface area contributed by atoms with Gasteiger partial charge < -0.3 is 5.11 Å². The molecule has 0 radical (unpaired) electrons. The molecule has 1 fully saturated rings. The molecule has 0 spiro atoms. The van der Waals surface area contributed by atoms with Crippen molar-refractivity contribution in [3.8, 4) is 11.1 Å². The van der Waals surface area contributed by atoms with Crippen LogP contribution in [0.1, 0.15) is 25.7 Å². The average Bonchev–Trinajstić information content (AvgIpc) is 3.14. The average molecular weight is 379 g/mol. The number of hydrogen-bond acceptors (Lipinski definition) is 5. The van der Waals surface area contributed by atoms with Crippen LogP contribution in [0.4, 0.5) is 5.95 Å². The number of nitrogens with zero attached hydrogens (tertiary/aromatic N) is 4. The lowest BCUT2D eigenvalue weighted by molar-refractivity contribution is -0.143. The van der Waals surface area contributed by atoms with Crippen molar-refractivity contribution < 1.29 is 14.7 Å². The molecule has 0 aliphatic heterocycles. The number of aromatic nitrogens is 4. The van der Waals surface area contributed by atoms with Crippen molar-refractivity contribution in [2.24, 2.45) is 18.9 Å². The third kappa shape index (κ3) is 3.71. The largest absolute Gasteiger partial charge is 0.481 e. The van der Waals surface area contributed by atoms with Crippen molar-refractivity contribution in [2.75, 3.05) is 5.32 Å². The van der Waals surface area contributed by atoms with E-state index < -0.39 is 5.97 Å². The molecule has 144 valence electrons. The van der Waals surface area contributed by atoms with E-state index in [1.807, 2.05) is 31.4 Å². The van der Waals surface area contributed by atoms with Crippen molar-refractivity contribution in [3.63, 3.8) is 0 Å². The van der Waals surface area contributed by atoms with Crippen LogP contribution >= 0.6 is 0 Å². The molecule has 0 unspecified atom stereocenters. The Morgan fingerprint density at radius 3 is 2.54 bits per heavy atom. The summed E-state index contributed by atoms with van der Waals surface area (Å²) in [4.78, 5) is 32.3. The molecule has 2 N–H and O–H groups in total. The Balaban J connectivity index is 1.49. The van der Waals surface area contributed by atoms with E-state index in [9.17, 15) is 9.59 Å². The van der Waals surface area contributed by atoms with Gasteiger partial charge in [0.25, 0.3) is 0 Å². The standard InChI is InChI=1S/C20H21N5O3/c1-25-11-16(10-22-25)14-6-7-15-9-21-20(23-17(15)8-14)24-18(26)12-2-4-13(5-3-12)19(27)28/h6-13H,2-5H2,1H3,(H,27,28)(H,21,23,24,26). The van der Waals surface area contributed by atoms with E-state index in [4.69, 9.17) is 5.11 Å². The first kappa shape index (κ1) is 18.1. The van der Waals surface area contributed by atoms with Crippen molar-refractivity contribution in [2.45, 2.75) is 25.7 Å². The van der Waals surface area contributed by atoms with E-state index in [0.717, 1.165) is 22.0 Å². The third-order valence-electron chi connectivity index (χ3n) is 5.30. The number of carboxylic acid groups (broad SMARTS) is 1. The van der Waals surface area contributed by atoms with E-state index in [2.05, 4.69) is 20.4 Å². The van der Waals surface area contributed by atoms with Crippen LogP contribution in [0.5, 0.6) is 0 Å². The van der Waals surface area contributed by atoms with Gasteiger partial charge >= 0.3 is 5.97 Å². The molecule has 1 saturated carbocycles. The predicted octanol–water partition coefficient (Wildman–Crippen LogP) is 2.86. The summed E-state index contributed by atoms with van der Waals surface area (Å²) in [5, 5.41) is 16.9. The Morgan fingerprint density at radius 1 is 1.11 bits per heavy atom. The zero-order valence-corrected chi connectivity index (χ0v) is 15.5. The molecule has 0 atom stereocenters. The van der Waals surface area contributed by atoms with E-state index in [1.54, 1.807) is 17.1 Å². The summed E-state index contributed by atoms with van der Waals surface area (Å²) in [7, 11) is 1.87. The monoisotopic (exact) mass is 379 g/mol. The van der Waals surface area contributed by atoms with Crippen LogP contribution in [0.3, 0.4) is 0 Å². The van der Waals surface area contributed by atoms with Crippen LogP contribution in [0.25, 0.3) is 22.0 Å². The summed E-state index contributed by atoms with van der Waals surface area (Å²) in [6.07, 6.45) is 7.60. The van der Waals surface area contributed by atoms with Crippen molar-refractivity contribution in [1.29, 1.82) is 0 Å². The molecular formula is C20H21N5O3. The molecule has 0 saturated heterocycles. The summed E-state index contributed by atoms with van der Waals surface area (Å²) in [6, 6.07) is 5.88. The van der Waals surface area contributed by atoms with Gasteiger partial charge in [0.15, 0.2) is 0 Å². The summed E-state index contributed by atoms with van der Waals surface area (Å²) in [6.45, 7) is 0. The zero-order chi connectivity index (χ0) is 19.7. The number of fused-ring (bicyclic) bond motifs is 1. The second-order valence-electron chi connectivity index (χ2n) is 7.25. The molecule has 8 nitrogen and oxygen atoms in total. The maximum absolute atomic E-state index is 12.5. The molecule has 1 aliphatic carbocycles. The number of hydrogen-bond donors (Lipinski definition) is 2. The lowest BCUT2D eigenvalue weighted by Crippen LogP contribution is -2.30. The summed E-state index contributed by atoms with van der Waals surface area (Å²) >= 11 is 0. The molecule has 1 aliphatic rings. The molecule has 3 aromatic rings. The minimum Gasteiger partial charge on any atom is -0.481 e. The molecule has 1 aromatic carbocycles. The van der Waals surface area contributed by atoms with Crippen molar-refractivity contribution in [1.82, 2.24) is 19.7 Å².